The average molecular weight is 419 g/mol. The first-order chi connectivity index (χ1) is 13.6. The molecule has 3 aromatic rings. The minimum atomic E-state index is -0.394. The Morgan fingerprint density at radius 1 is 1.36 bits per heavy atom. The zero-order valence-corrected chi connectivity index (χ0v) is 17.6. The highest BCUT2D eigenvalue weighted by Gasteiger charge is 2.23. The van der Waals surface area contributed by atoms with Crippen LogP contribution in [0.15, 0.2) is 26.7 Å². The molecule has 28 heavy (non-hydrogen) atoms. The molecule has 0 atom stereocenters. The number of esters is 1. The highest BCUT2D eigenvalue weighted by atomic mass is 32.2. The molecule has 0 amide bonds. The van der Waals surface area contributed by atoms with E-state index in [1.807, 2.05) is 6.92 Å². The van der Waals surface area contributed by atoms with Crippen LogP contribution >= 0.6 is 23.1 Å². The second kappa shape index (κ2) is 8.13. The fourth-order valence-corrected chi connectivity index (χ4v) is 5.90. The number of thiophene rings is 1. The van der Waals surface area contributed by atoms with Crippen molar-refractivity contribution < 1.29 is 13.9 Å². The normalized spacial score (nSPS) is 13.6. The second-order valence-electron chi connectivity index (χ2n) is 6.60. The molecule has 0 saturated carbocycles. The summed E-state index contributed by atoms with van der Waals surface area (Å²) in [6.45, 7) is 4.59. The third-order valence-corrected chi connectivity index (χ3v) is 7.09. The van der Waals surface area contributed by atoms with Crippen molar-refractivity contribution in [3.8, 4) is 0 Å². The van der Waals surface area contributed by atoms with Crippen molar-refractivity contribution in [2.75, 3.05) is 6.61 Å². The van der Waals surface area contributed by atoms with Crippen LogP contribution in [-0.4, -0.2) is 22.1 Å². The van der Waals surface area contributed by atoms with Gasteiger partial charge >= 0.3 is 5.97 Å². The monoisotopic (exact) mass is 418 g/mol. The summed E-state index contributed by atoms with van der Waals surface area (Å²) in [4.78, 5) is 32.1. The average Bonchev–Trinajstić information content (AvgIpc) is 3.30. The third-order valence-electron chi connectivity index (χ3n) is 4.93. The van der Waals surface area contributed by atoms with Crippen LogP contribution < -0.4 is 5.56 Å². The van der Waals surface area contributed by atoms with E-state index in [9.17, 15) is 9.59 Å². The highest BCUT2D eigenvalue weighted by Crippen LogP contribution is 2.35. The van der Waals surface area contributed by atoms with Crippen LogP contribution in [0.25, 0.3) is 10.2 Å². The van der Waals surface area contributed by atoms with E-state index in [-0.39, 0.29) is 5.56 Å². The molecule has 1 aliphatic rings. The Labute approximate surface area is 170 Å². The zero-order chi connectivity index (χ0) is 19.7. The van der Waals surface area contributed by atoms with Crippen LogP contribution in [0.5, 0.6) is 0 Å². The summed E-state index contributed by atoms with van der Waals surface area (Å²) in [6.07, 6.45) is 5.81. The summed E-state index contributed by atoms with van der Waals surface area (Å²) in [7, 11) is 0. The molecule has 6 nitrogen and oxygen atoms in total. The predicted octanol–water partition coefficient (Wildman–Crippen LogP) is 4.42. The number of carbonyl (C=O) groups is 1. The summed E-state index contributed by atoms with van der Waals surface area (Å²) in [5.41, 5.74) is 1.67. The van der Waals surface area contributed by atoms with Gasteiger partial charge in [-0.05, 0) is 51.2 Å². The fourth-order valence-electron chi connectivity index (χ4n) is 3.58. The van der Waals surface area contributed by atoms with E-state index < -0.39 is 5.97 Å². The summed E-state index contributed by atoms with van der Waals surface area (Å²) < 4.78 is 12.3. The van der Waals surface area contributed by atoms with Gasteiger partial charge in [0.05, 0.1) is 24.0 Å². The molecular weight excluding hydrogens is 396 g/mol. The van der Waals surface area contributed by atoms with E-state index >= 15 is 0 Å². The Morgan fingerprint density at radius 3 is 2.96 bits per heavy atom. The van der Waals surface area contributed by atoms with E-state index in [1.165, 1.54) is 34.9 Å². The smallest absolute Gasteiger partial charge is 0.341 e. The quantitative estimate of drug-likeness (QED) is 0.335. The summed E-state index contributed by atoms with van der Waals surface area (Å²) in [6, 6.07) is 1.62. The third kappa shape index (κ3) is 3.39. The van der Waals surface area contributed by atoms with E-state index in [0.29, 0.717) is 35.4 Å². The maximum atomic E-state index is 13.2. The number of furan rings is 1. The lowest BCUT2D eigenvalue weighted by atomic mass is 9.97. The molecule has 0 fully saturated rings. The van der Waals surface area contributed by atoms with Gasteiger partial charge in [0.15, 0.2) is 5.16 Å². The van der Waals surface area contributed by atoms with Gasteiger partial charge in [0.2, 0.25) is 0 Å². The Balaban J connectivity index is 1.67. The second-order valence-corrected chi connectivity index (χ2v) is 8.63. The molecule has 3 aromatic heterocycles. The van der Waals surface area contributed by atoms with Crippen LogP contribution in [0.3, 0.4) is 0 Å². The van der Waals surface area contributed by atoms with Crippen LogP contribution in [0.1, 0.15) is 53.2 Å². The fraction of sp³-hybridized carbons (Fsp3) is 0.450. The summed E-state index contributed by atoms with van der Waals surface area (Å²) in [5.74, 6) is 0.546. The van der Waals surface area contributed by atoms with Gasteiger partial charge in [-0.3, -0.25) is 9.36 Å². The van der Waals surface area contributed by atoms with Crippen molar-refractivity contribution in [3.63, 3.8) is 0 Å². The number of aryl methyl sites for hydroxylation is 2. The molecule has 0 spiro atoms. The maximum Gasteiger partial charge on any atom is 0.341 e. The molecule has 0 unspecified atom stereocenters. The lowest BCUT2D eigenvalue weighted by molar-refractivity contribution is 0.0524. The lowest BCUT2D eigenvalue weighted by Crippen LogP contribution is -2.23. The Bertz CT molecular complexity index is 1080. The number of ether oxygens (including phenoxy) is 1. The molecule has 1 aliphatic carbocycles. The number of hydrogen-bond donors (Lipinski definition) is 0. The van der Waals surface area contributed by atoms with Crippen LogP contribution in [0, 0.1) is 0 Å². The predicted molar refractivity (Wildman–Crippen MR) is 110 cm³/mol. The molecule has 0 aromatic carbocycles. The maximum absolute atomic E-state index is 13.2. The number of rotatable bonds is 6. The molecule has 0 aliphatic heterocycles. The van der Waals surface area contributed by atoms with E-state index in [4.69, 9.17) is 14.1 Å². The van der Waals surface area contributed by atoms with E-state index in [2.05, 4.69) is 0 Å². The van der Waals surface area contributed by atoms with Crippen LogP contribution in [0.2, 0.25) is 0 Å². The van der Waals surface area contributed by atoms with Crippen LogP contribution in [-0.2, 0) is 29.9 Å². The standard InChI is InChI=1S/C20H22N2O4S2/c1-3-22-18(23)16-13-7-5-6-8-15(13)28-17(16)21-20(22)27-11-14-12(9-10-26-14)19(24)25-4-2/h9-10H,3-8,11H2,1-2H3. The minimum absolute atomic E-state index is 0.0412. The number of nitrogens with zero attached hydrogens (tertiary/aromatic N) is 2. The molecule has 0 radical (unpaired) electrons. The molecule has 3 heterocycles. The van der Waals surface area contributed by atoms with E-state index in [0.717, 1.165) is 29.5 Å². The van der Waals surface area contributed by atoms with Gasteiger partial charge in [0.1, 0.15) is 16.2 Å². The van der Waals surface area contributed by atoms with Gasteiger partial charge in [-0.2, -0.15) is 0 Å². The largest absolute Gasteiger partial charge is 0.468 e. The van der Waals surface area contributed by atoms with Gasteiger partial charge in [-0.15, -0.1) is 11.3 Å². The number of hydrogen-bond acceptors (Lipinski definition) is 7. The Morgan fingerprint density at radius 2 is 2.18 bits per heavy atom. The highest BCUT2D eigenvalue weighted by molar-refractivity contribution is 7.98. The molecule has 0 bridgehead atoms. The van der Waals surface area contributed by atoms with Crippen molar-refractivity contribution in [3.05, 3.63) is 44.4 Å². The summed E-state index contributed by atoms with van der Waals surface area (Å²) in [5, 5.41) is 1.46. The van der Waals surface area contributed by atoms with Gasteiger partial charge in [-0.1, -0.05) is 11.8 Å². The van der Waals surface area contributed by atoms with Crippen molar-refractivity contribution in [1.82, 2.24) is 9.55 Å². The van der Waals surface area contributed by atoms with Crippen LogP contribution in [0.4, 0.5) is 0 Å². The minimum Gasteiger partial charge on any atom is -0.468 e. The van der Waals surface area contributed by atoms with E-state index in [1.54, 1.807) is 28.9 Å². The lowest BCUT2D eigenvalue weighted by Gasteiger charge is -2.12. The topological polar surface area (TPSA) is 74.3 Å². The Hall–Kier alpha value is -2.06. The first-order valence-electron chi connectivity index (χ1n) is 9.55. The first kappa shape index (κ1) is 19.3. The molecule has 0 N–H and O–H groups in total. The molecule has 0 saturated heterocycles. The van der Waals surface area contributed by atoms with Crippen molar-refractivity contribution >= 4 is 39.3 Å². The number of fused-ring (bicyclic) bond motifs is 3. The van der Waals surface area contributed by atoms with Crippen molar-refractivity contribution in [2.45, 2.75) is 57.0 Å². The molecule has 8 heteroatoms. The Kier molecular flexibility index (Phi) is 5.59. The first-order valence-corrected chi connectivity index (χ1v) is 11.4. The van der Waals surface area contributed by atoms with Gasteiger partial charge in [-0.25, -0.2) is 9.78 Å². The molecule has 4 rings (SSSR count). The van der Waals surface area contributed by atoms with Gasteiger partial charge in [0, 0.05) is 11.4 Å². The number of thioether (sulfide) groups is 1. The summed E-state index contributed by atoms with van der Waals surface area (Å²) >= 11 is 3.06. The van der Waals surface area contributed by atoms with Gasteiger partial charge in [0.25, 0.3) is 5.56 Å². The molecule has 148 valence electrons. The SMILES string of the molecule is CCOC(=O)c1ccoc1CSc1nc2sc3c(c2c(=O)n1CC)CCCC3. The van der Waals surface area contributed by atoms with Crippen molar-refractivity contribution in [1.29, 1.82) is 0 Å². The van der Waals surface area contributed by atoms with Crippen molar-refractivity contribution in [2.24, 2.45) is 0 Å². The number of aromatic nitrogens is 2. The zero-order valence-electron chi connectivity index (χ0n) is 15.9. The number of carbonyl (C=O) groups excluding carboxylic acids is 1. The van der Waals surface area contributed by atoms with Gasteiger partial charge < -0.3 is 9.15 Å². The molecular formula is C20H22N2O4S2.